The number of fused-ring (bicyclic) bond motifs is 1. The minimum atomic E-state index is -0.219. The van der Waals surface area contributed by atoms with Crippen molar-refractivity contribution in [1.29, 1.82) is 0 Å². The van der Waals surface area contributed by atoms with E-state index in [1.165, 1.54) is 5.56 Å². The van der Waals surface area contributed by atoms with Crippen molar-refractivity contribution in [1.82, 2.24) is 14.6 Å². The van der Waals surface area contributed by atoms with E-state index in [9.17, 15) is 4.79 Å². The zero-order valence-electron chi connectivity index (χ0n) is 21.2. The van der Waals surface area contributed by atoms with E-state index in [-0.39, 0.29) is 5.91 Å². The van der Waals surface area contributed by atoms with Gasteiger partial charge < -0.3 is 14.8 Å². The van der Waals surface area contributed by atoms with E-state index in [0.717, 1.165) is 28.2 Å². The standard InChI is InChI=1S/C28H32N4O3/c1-7-34-24-14-11-21(15-25(24)35-8-2)26-18(5)31-32-19(6)23(16-29-27(26)32)28(33)30-22-12-9-20(10-13-22)17(3)4/h9-17H,7-8H2,1-6H3,(H,30,33). The number of hydrogen-bond acceptors (Lipinski definition) is 5. The van der Waals surface area contributed by atoms with Crippen LogP contribution in [0.3, 0.4) is 0 Å². The number of anilines is 1. The van der Waals surface area contributed by atoms with Gasteiger partial charge in [0.2, 0.25) is 0 Å². The molecule has 0 unspecified atom stereocenters. The van der Waals surface area contributed by atoms with Crippen LogP contribution in [0.4, 0.5) is 5.69 Å². The fourth-order valence-corrected chi connectivity index (χ4v) is 4.12. The first-order valence-corrected chi connectivity index (χ1v) is 12.0. The number of aryl methyl sites for hydroxylation is 2. The summed E-state index contributed by atoms with van der Waals surface area (Å²) in [5, 5.41) is 7.68. The van der Waals surface area contributed by atoms with Crippen molar-refractivity contribution >= 4 is 17.2 Å². The average molecular weight is 473 g/mol. The molecule has 2 heterocycles. The maximum Gasteiger partial charge on any atom is 0.259 e. The Morgan fingerprint density at radius 3 is 2.34 bits per heavy atom. The second-order valence-electron chi connectivity index (χ2n) is 8.71. The summed E-state index contributed by atoms with van der Waals surface area (Å²) >= 11 is 0. The number of nitrogens with zero attached hydrogens (tertiary/aromatic N) is 3. The lowest BCUT2D eigenvalue weighted by atomic mass is 10.0. The van der Waals surface area contributed by atoms with Crippen molar-refractivity contribution in [3.05, 3.63) is 71.2 Å². The van der Waals surface area contributed by atoms with Gasteiger partial charge in [-0.3, -0.25) is 4.79 Å². The second kappa shape index (κ2) is 10.2. The Balaban J connectivity index is 1.68. The average Bonchev–Trinajstić information content (AvgIpc) is 3.18. The Morgan fingerprint density at radius 2 is 1.69 bits per heavy atom. The van der Waals surface area contributed by atoms with E-state index >= 15 is 0 Å². The molecule has 1 amide bonds. The molecule has 0 aliphatic rings. The van der Waals surface area contributed by atoms with Gasteiger partial charge in [-0.15, -0.1) is 0 Å². The zero-order chi connectivity index (χ0) is 25.1. The highest BCUT2D eigenvalue weighted by Gasteiger charge is 2.20. The van der Waals surface area contributed by atoms with Gasteiger partial charge in [-0.1, -0.05) is 32.0 Å². The van der Waals surface area contributed by atoms with Crippen LogP contribution in [0.5, 0.6) is 11.5 Å². The van der Waals surface area contributed by atoms with E-state index in [1.54, 1.807) is 10.7 Å². The Hall–Kier alpha value is -3.87. The number of rotatable bonds is 8. The minimum Gasteiger partial charge on any atom is -0.490 e. The van der Waals surface area contributed by atoms with Gasteiger partial charge in [-0.25, -0.2) is 9.50 Å². The van der Waals surface area contributed by atoms with Gasteiger partial charge in [0.05, 0.1) is 30.2 Å². The van der Waals surface area contributed by atoms with Crippen LogP contribution < -0.4 is 14.8 Å². The van der Waals surface area contributed by atoms with Gasteiger partial charge in [0.1, 0.15) is 0 Å². The van der Waals surface area contributed by atoms with Crippen LogP contribution in [0, 0.1) is 13.8 Å². The van der Waals surface area contributed by atoms with Gasteiger partial charge in [0.25, 0.3) is 5.91 Å². The molecule has 0 fully saturated rings. The molecule has 4 aromatic rings. The number of amides is 1. The van der Waals surface area contributed by atoms with Crippen LogP contribution in [0.2, 0.25) is 0 Å². The Kier molecular flexibility index (Phi) is 7.05. The molecule has 0 saturated carbocycles. The fourth-order valence-electron chi connectivity index (χ4n) is 4.12. The third-order valence-electron chi connectivity index (χ3n) is 5.97. The van der Waals surface area contributed by atoms with Crippen LogP contribution in [0.1, 0.15) is 60.9 Å². The van der Waals surface area contributed by atoms with Gasteiger partial charge in [0.15, 0.2) is 17.1 Å². The molecule has 0 bridgehead atoms. The number of carbonyl (C=O) groups is 1. The van der Waals surface area contributed by atoms with Crippen LogP contribution in [0.15, 0.2) is 48.7 Å². The highest BCUT2D eigenvalue weighted by molar-refractivity contribution is 6.05. The number of benzene rings is 2. The maximum absolute atomic E-state index is 13.1. The number of hydrogen-bond donors (Lipinski definition) is 1. The lowest BCUT2D eigenvalue weighted by Gasteiger charge is -2.13. The van der Waals surface area contributed by atoms with Crippen molar-refractivity contribution in [3.8, 4) is 22.6 Å². The molecule has 0 spiro atoms. The molecule has 4 rings (SSSR count). The third-order valence-corrected chi connectivity index (χ3v) is 5.97. The van der Waals surface area contributed by atoms with Crippen molar-refractivity contribution in [2.45, 2.75) is 47.5 Å². The first kappa shape index (κ1) is 24.3. The summed E-state index contributed by atoms with van der Waals surface area (Å²) in [6.07, 6.45) is 1.62. The summed E-state index contributed by atoms with van der Waals surface area (Å²) in [7, 11) is 0. The molecule has 2 aromatic carbocycles. The molecule has 2 aromatic heterocycles. The smallest absolute Gasteiger partial charge is 0.259 e. The molecule has 0 atom stereocenters. The summed E-state index contributed by atoms with van der Waals surface area (Å²) in [5.41, 5.74) is 6.49. The number of aromatic nitrogens is 3. The van der Waals surface area contributed by atoms with Crippen LogP contribution in [-0.4, -0.2) is 33.7 Å². The van der Waals surface area contributed by atoms with Crippen molar-refractivity contribution < 1.29 is 14.3 Å². The highest BCUT2D eigenvalue weighted by Crippen LogP contribution is 2.36. The van der Waals surface area contributed by atoms with Gasteiger partial charge in [-0.05, 0) is 69.0 Å². The van der Waals surface area contributed by atoms with Crippen molar-refractivity contribution in [2.75, 3.05) is 18.5 Å². The summed E-state index contributed by atoms with van der Waals surface area (Å²) in [5.74, 6) is 1.60. The summed E-state index contributed by atoms with van der Waals surface area (Å²) < 4.78 is 13.2. The Labute approximate surface area is 206 Å². The van der Waals surface area contributed by atoms with E-state index in [1.807, 2.05) is 70.2 Å². The molecule has 0 aliphatic heterocycles. The molecule has 182 valence electrons. The normalized spacial score (nSPS) is 11.2. The Morgan fingerprint density at radius 1 is 1.00 bits per heavy atom. The van der Waals surface area contributed by atoms with Gasteiger partial charge in [0, 0.05) is 17.4 Å². The van der Waals surface area contributed by atoms with Crippen LogP contribution in [-0.2, 0) is 0 Å². The maximum atomic E-state index is 13.1. The summed E-state index contributed by atoms with van der Waals surface area (Å²) in [6.45, 7) is 13.1. The zero-order valence-corrected chi connectivity index (χ0v) is 21.2. The number of nitrogens with one attached hydrogen (secondary N) is 1. The molecular formula is C28H32N4O3. The molecule has 0 radical (unpaired) electrons. The van der Waals surface area contributed by atoms with Gasteiger partial charge in [-0.2, -0.15) is 5.10 Å². The monoisotopic (exact) mass is 472 g/mol. The predicted molar refractivity (Wildman–Crippen MR) is 139 cm³/mol. The molecule has 35 heavy (non-hydrogen) atoms. The van der Waals surface area contributed by atoms with Crippen molar-refractivity contribution in [2.24, 2.45) is 0 Å². The second-order valence-corrected chi connectivity index (χ2v) is 8.71. The lowest BCUT2D eigenvalue weighted by Crippen LogP contribution is -2.16. The molecule has 1 N–H and O–H groups in total. The first-order chi connectivity index (χ1) is 16.8. The first-order valence-electron chi connectivity index (χ1n) is 12.0. The number of carbonyl (C=O) groups excluding carboxylic acids is 1. The summed E-state index contributed by atoms with van der Waals surface area (Å²) in [6, 6.07) is 13.8. The molecule has 0 aliphatic carbocycles. The number of ether oxygens (including phenoxy) is 2. The highest BCUT2D eigenvalue weighted by atomic mass is 16.5. The van der Waals surface area contributed by atoms with E-state index in [4.69, 9.17) is 14.6 Å². The lowest BCUT2D eigenvalue weighted by molar-refractivity contribution is 0.102. The SMILES string of the molecule is CCOc1ccc(-c2c(C)nn3c(C)c(C(=O)Nc4ccc(C(C)C)cc4)cnc23)cc1OCC. The third kappa shape index (κ3) is 4.85. The van der Waals surface area contributed by atoms with Crippen LogP contribution >= 0.6 is 0 Å². The summed E-state index contributed by atoms with van der Waals surface area (Å²) in [4.78, 5) is 17.7. The quantitative estimate of drug-likeness (QED) is 0.331. The predicted octanol–water partition coefficient (Wildman–Crippen LogP) is 6.19. The Bertz CT molecular complexity index is 1360. The molecule has 7 nitrogen and oxygen atoms in total. The molecular weight excluding hydrogens is 440 g/mol. The van der Waals surface area contributed by atoms with E-state index in [0.29, 0.717) is 41.8 Å². The van der Waals surface area contributed by atoms with Crippen LogP contribution in [0.25, 0.3) is 16.8 Å². The largest absolute Gasteiger partial charge is 0.490 e. The van der Waals surface area contributed by atoms with E-state index < -0.39 is 0 Å². The molecule has 0 saturated heterocycles. The van der Waals surface area contributed by atoms with E-state index in [2.05, 4.69) is 24.1 Å². The fraction of sp³-hybridized carbons (Fsp3) is 0.321. The van der Waals surface area contributed by atoms with Gasteiger partial charge >= 0.3 is 0 Å². The topological polar surface area (TPSA) is 77.8 Å². The molecule has 7 heteroatoms. The minimum absolute atomic E-state index is 0.219. The van der Waals surface area contributed by atoms with Crippen molar-refractivity contribution in [3.63, 3.8) is 0 Å².